The van der Waals surface area contributed by atoms with Gasteiger partial charge in [-0.1, -0.05) is 6.07 Å². The molecule has 4 heteroatoms. The molecule has 0 saturated carbocycles. The van der Waals surface area contributed by atoms with E-state index in [2.05, 4.69) is 5.32 Å². The lowest BCUT2D eigenvalue weighted by atomic mass is 9.99. The highest BCUT2D eigenvalue weighted by Gasteiger charge is 2.25. The number of hydrogen-bond donors (Lipinski definition) is 1. The molecule has 94 valence electrons. The number of benzene rings is 1. The normalized spacial score (nSPS) is 29.1. The predicted molar refractivity (Wildman–Crippen MR) is 63.0 cm³/mol. The van der Waals surface area contributed by atoms with E-state index < -0.39 is 11.6 Å². The molecule has 0 amide bonds. The van der Waals surface area contributed by atoms with Crippen LogP contribution in [0, 0.1) is 11.6 Å². The van der Waals surface area contributed by atoms with E-state index in [1.807, 2.05) is 13.8 Å². The highest BCUT2D eigenvalue weighted by Crippen LogP contribution is 2.24. The fraction of sp³-hybridized carbons (Fsp3) is 0.538. The topological polar surface area (TPSA) is 21.3 Å². The van der Waals surface area contributed by atoms with Gasteiger partial charge in [0.05, 0.1) is 17.9 Å². The molecule has 17 heavy (non-hydrogen) atoms. The highest BCUT2D eigenvalue weighted by atomic mass is 19.2. The molecule has 1 aliphatic heterocycles. The Labute approximate surface area is 100.0 Å². The maximum absolute atomic E-state index is 13.5. The van der Waals surface area contributed by atoms with E-state index in [1.54, 1.807) is 6.07 Å². The van der Waals surface area contributed by atoms with Crippen LogP contribution in [-0.2, 0) is 4.74 Å². The van der Waals surface area contributed by atoms with Crippen LogP contribution in [0.15, 0.2) is 18.2 Å². The summed E-state index contributed by atoms with van der Waals surface area (Å²) in [5.74, 6) is -1.62. The summed E-state index contributed by atoms with van der Waals surface area (Å²) >= 11 is 0. The van der Waals surface area contributed by atoms with Crippen LogP contribution in [0.2, 0.25) is 0 Å². The first-order valence-corrected chi connectivity index (χ1v) is 5.92. The summed E-state index contributed by atoms with van der Waals surface area (Å²) in [6.45, 7) is 3.98. The molecular weight excluding hydrogens is 224 g/mol. The van der Waals surface area contributed by atoms with E-state index in [0.717, 1.165) is 18.9 Å². The SMILES string of the molecule is CC1CC(Nc2cccc(F)c2F)CC(C)O1. The molecule has 1 N–H and O–H groups in total. The fourth-order valence-electron chi connectivity index (χ4n) is 2.36. The third kappa shape index (κ3) is 2.94. The van der Waals surface area contributed by atoms with Crippen molar-refractivity contribution in [1.29, 1.82) is 0 Å². The van der Waals surface area contributed by atoms with Crippen molar-refractivity contribution in [1.82, 2.24) is 0 Å². The first kappa shape index (κ1) is 12.3. The van der Waals surface area contributed by atoms with E-state index in [0.29, 0.717) is 0 Å². The van der Waals surface area contributed by atoms with Crippen molar-refractivity contribution in [2.24, 2.45) is 0 Å². The molecule has 0 aromatic heterocycles. The average molecular weight is 241 g/mol. The molecule has 0 spiro atoms. The zero-order valence-electron chi connectivity index (χ0n) is 10.0. The Kier molecular flexibility index (Phi) is 3.62. The summed E-state index contributed by atoms with van der Waals surface area (Å²) in [5.41, 5.74) is 0.233. The standard InChI is InChI=1S/C13H17F2NO/c1-8-6-10(7-9(2)17-8)16-12-5-3-4-11(14)13(12)15/h3-5,8-10,16H,6-7H2,1-2H3. The minimum absolute atomic E-state index is 0.130. The van der Waals surface area contributed by atoms with Gasteiger partial charge in [0.15, 0.2) is 11.6 Å². The van der Waals surface area contributed by atoms with Gasteiger partial charge in [0, 0.05) is 6.04 Å². The van der Waals surface area contributed by atoms with Crippen molar-refractivity contribution in [2.45, 2.75) is 44.9 Å². The molecule has 0 bridgehead atoms. The number of anilines is 1. The average Bonchev–Trinajstić information content (AvgIpc) is 2.23. The second-order valence-corrected chi connectivity index (χ2v) is 4.67. The smallest absolute Gasteiger partial charge is 0.181 e. The monoisotopic (exact) mass is 241 g/mol. The van der Waals surface area contributed by atoms with Gasteiger partial charge >= 0.3 is 0 Å². The molecule has 1 aromatic rings. The Morgan fingerprint density at radius 1 is 1.18 bits per heavy atom. The van der Waals surface area contributed by atoms with E-state index in [1.165, 1.54) is 6.07 Å². The zero-order chi connectivity index (χ0) is 12.4. The van der Waals surface area contributed by atoms with Crippen LogP contribution in [0.4, 0.5) is 14.5 Å². The van der Waals surface area contributed by atoms with Crippen molar-refractivity contribution in [3.63, 3.8) is 0 Å². The van der Waals surface area contributed by atoms with Gasteiger partial charge in [-0.25, -0.2) is 8.78 Å². The first-order chi connectivity index (χ1) is 8.06. The molecule has 2 nitrogen and oxygen atoms in total. The first-order valence-electron chi connectivity index (χ1n) is 5.92. The number of halogens is 2. The van der Waals surface area contributed by atoms with E-state index in [-0.39, 0.29) is 23.9 Å². The summed E-state index contributed by atoms with van der Waals surface area (Å²) in [7, 11) is 0. The van der Waals surface area contributed by atoms with Gasteiger partial charge in [-0.05, 0) is 38.8 Å². The van der Waals surface area contributed by atoms with Crippen LogP contribution < -0.4 is 5.32 Å². The summed E-state index contributed by atoms with van der Waals surface area (Å²) in [5, 5.41) is 3.06. The minimum Gasteiger partial charge on any atom is -0.380 e. The lowest BCUT2D eigenvalue weighted by Crippen LogP contribution is -2.37. The van der Waals surface area contributed by atoms with Crippen molar-refractivity contribution in [3.05, 3.63) is 29.8 Å². The molecule has 0 radical (unpaired) electrons. The quantitative estimate of drug-likeness (QED) is 0.857. The lowest BCUT2D eigenvalue weighted by Gasteiger charge is -2.33. The molecule has 0 aliphatic carbocycles. The van der Waals surface area contributed by atoms with Crippen molar-refractivity contribution in [2.75, 3.05) is 5.32 Å². The predicted octanol–water partition coefficient (Wildman–Crippen LogP) is 3.33. The third-order valence-corrected chi connectivity index (χ3v) is 3.01. The number of hydrogen-bond acceptors (Lipinski definition) is 2. The second-order valence-electron chi connectivity index (χ2n) is 4.67. The summed E-state index contributed by atoms with van der Waals surface area (Å²) in [6.07, 6.45) is 1.90. The molecule has 1 fully saturated rings. The zero-order valence-corrected chi connectivity index (χ0v) is 10.0. The van der Waals surface area contributed by atoms with Crippen LogP contribution >= 0.6 is 0 Å². The minimum atomic E-state index is -0.817. The Morgan fingerprint density at radius 3 is 2.47 bits per heavy atom. The number of rotatable bonds is 2. The van der Waals surface area contributed by atoms with Gasteiger partial charge in [-0.2, -0.15) is 0 Å². The van der Waals surface area contributed by atoms with E-state index >= 15 is 0 Å². The largest absolute Gasteiger partial charge is 0.380 e. The van der Waals surface area contributed by atoms with Crippen molar-refractivity contribution >= 4 is 5.69 Å². The fourth-order valence-corrected chi connectivity index (χ4v) is 2.36. The highest BCUT2D eigenvalue weighted by molar-refractivity contribution is 5.45. The van der Waals surface area contributed by atoms with Crippen LogP contribution in [0.3, 0.4) is 0 Å². The van der Waals surface area contributed by atoms with Gasteiger partial charge in [-0.3, -0.25) is 0 Å². The van der Waals surface area contributed by atoms with Gasteiger partial charge in [-0.15, -0.1) is 0 Å². The number of ether oxygens (including phenoxy) is 1. The Balaban J connectivity index is 2.07. The molecule has 1 heterocycles. The molecule has 1 saturated heterocycles. The van der Waals surface area contributed by atoms with Crippen molar-refractivity contribution in [3.8, 4) is 0 Å². The maximum Gasteiger partial charge on any atom is 0.181 e. The van der Waals surface area contributed by atoms with Gasteiger partial charge in [0.25, 0.3) is 0 Å². The van der Waals surface area contributed by atoms with E-state index in [9.17, 15) is 8.78 Å². The molecule has 2 atom stereocenters. The molecule has 2 unspecified atom stereocenters. The maximum atomic E-state index is 13.5. The van der Waals surface area contributed by atoms with Gasteiger partial charge in [0.2, 0.25) is 0 Å². The third-order valence-electron chi connectivity index (χ3n) is 3.01. The summed E-state index contributed by atoms with van der Waals surface area (Å²) in [6, 6.07) is 4.32. The van der Waals surface area contributed by atoms with Crippen LogP contribution in [0.5, 0.6) is 0 Å². The van der Waals surface area contributed by atoms with Gasteiger partial charge < -0.3 is 10.1 Å². The summed E-state index contributed by atoms with van der Waals surface area (Å²) in [4.78, 5) is 0. The van der Waals surface area contributed by atoms with E-state index in [4.69, 9.17) is 4.74 Å². The molecule has 2 rings (SSSR count). The van der Waals surface area contributed by atoms with Crippen LogP contribution in [0.1, 0.15) is 26.7 Å². The summed E-state index contributed by atoms with van der Waals surface area (Å²) < 4.78 is 32.1. The Morgan fingerprint density at radius 2 is 1.82 bits per heavy atom. The van der Waals surface area contributed by atoms with Crippen LogP contribution in [-0.4, -0.2) is 18.2 Å². The van der Waals surface area contributed by atoms with Gasteiger partial charge in [0.1, 0.15) is 0 Å². The second kappa shape index (κ2) is 5.00. The van der Waals surface area contributed by atoms with Crippen molar-refractivity contribution < 1.29 is 13.5 Å². The molecule has 1 aliphatic rings. The Bertz CT molecular complexity index is 387. The molecular formula is C13H17F2NO. The number of nitrogens with one attached hydrogen (secondary N) is 1. The van der Waals surface area contributed by atoms with Crippen LogP contribution in [0.25, 0.3) is 0 Å². The Hall–Kier alpha value is -1.16. The lowest BCUT2D eigenvalue weighted by molar-refractivity contribution is -0.0338. The molecule has 1 aromatic carbocycles.